The van der Waals surface area contributed by atoms with Gasteiger partial charge in [-0.25, -0.2) is 4.98 Å². The topological polar surface area (TPSA) is 45.2 Å². The molecule has 1 N–H and O–H groups in total. The molecule has 0 saturated heterocycles. The third-order valence-corrected chi connectivity index (χ3v) is 4.45. The van der Waals surface area contributed by atoms with Gasteiger partial charge in [-0.15, -0.1) is 11.3 Å². The fraction of sp³-hybridized carbons (Fsp3) is 0.412. The highest BCUT2D eigenvalue weighted by molar-refractivity contribution is 7.09. The number of pyridine rings is 1. The van der Waals surface area contributed by atoms with Gasteiger partial charge in [-0.2, -0.15) is 0 Å². The molecule has 4 nitrogen and oxygen atoms in total. The summed E-state index contributed by atoms with van der Waals surface area (Å²) in [5.41, 5.74) is 1.16. The highest BCUT2D eigenvalue weighted by Gasteiger charge is 2.06. The summed E-state index contributed by atoms with van der Waals surface area (Å²) in [5.74, 6) is 1.08. The Kier molecular flexibility index (Phi) is 6.40. The number of nitrogens with zero attached hydrogens (tertiary/aromatic N) is 2. The minimum atomic E-state index is 0.0922. The van der Waals surface area contributed by atoms with Crippen LogP contribution in [0.2, 0.25) is 0 Å². The molecule has 0 atom stereocenters. The van der Waals surface area contributed by atoms with Gasteiger partial charge in [0.2, 0.25) is 5.91 Å². The molecule has 0 aromatic carbocycles. The van der Waals surface area contributed by atoms with Gasteiger partial charge in [0.05, 0.1) is 6.54 Å². The smallest absolute Gasteiger partial charge is 0.220 e. The molecule has 0 aliphatic rings. The van der Waals surface area contributed by atoms with Crippen LogP contribution in [-0.4, -0.2) is 24.0 Å². The minimum Gasteiger partial charge on any atom is -0.357 e. The third-order valence-electron chi connectivity index (χ3n) is 3.58. The maximum Gasteiger partial charge on any atom is 0.220 e. The summed E-state index contributed by atoms with van der Waals surface area (Å²) in [6.07, 6.45) is 3.08. The van der Waals surface area contributed by atoms with Gasteiger partial charge >= 0.3 is 0 Å². The van der Waals surface area contributed by atoms with Crippen molar-refractivity contribution in [2.75, 3.05) is 18.0 Å². The molecule has 2 aromatic rings. The molecule has 2 heterocycles. The van der Waals surface area contributed by atoms with Crippen molar-refractivity contribution in [2.45, 2.75) is 33.2 Å². The van der Waals surface area contributed by atoms with Gasteiger partial charge in [-0.05, 0) is 49.4 Å². The van der Waals surface area contributed by atoms with Crippen molar-refractivity contribution in [1.82, 2.24) is 10.3 Å². The van der Waals surface area contributed by atoms with Gasteiger partial charge in [0.15, 0.2) is 0 Å². The summed E-state index contributed by atoms with van der Waals surface area (Å²) in [6, 6.07) is 8.10. The van der Waals surface area contributed by atoms with Crippen molar-refractivity contribution < 1.29 is 4.79 Å². The lowest BCUT2D eigenvalue weighted by Gasteiger charge is -2.20. The second kappa shape index (κ2) is 8.54. The second-order valence-electron chi connectivity index (χ2n) is 5.05. The molecular formula is C17H23N3OS. The number of hydrogen-bond donors (Lipinski definition) is 1. The maximum absolute atomic E-state index is 11.9. The zero-order chi connectivity index (χ0) is 15.8. The third kappa shape index (κ3) is 4.84. The Balaban J connectivity index is 1.83. The Morgan fingerprint density at radius 1 is 1.32 bits per heavy atom. The minimum absolute atomic E-state index is 0.0922. The van der Waals surface area contributed by atoms with Gasteiger partial charge in [-0.3, -0.25) is 4.79 Å². The Hall–Kier alpha value is -1.88. The molecule has 0 aliphatic carbocycles. The van der Waals surface area contributed by atoms with Crippen LogP contribution in [0.4, 0.5) is 5.82 Å². The zero-order valence-electron chi connectivity index (χ0n) is 13.2. The molecule has 0 saturated carbocycles. The fourth-order valence-corrected chi connectivity index (χ4v) is 2.93. The van der Waals surface area contributed by atoms with Crippen molar-refractivity contribution in [3.8, 4) is 0 Å². The van der Waals surface area contributed by atoms with E-state index in [4.69, 9.17) is 0 Å². The van der Waals surface area contributed by atoms with Crippen LogP contribution in [0.3, 0.4) is 0 Å². The highest BCUT2D eigenvalue weighted by Crippen LogP contribution is 2.14. The fourth-order valence-electron chi connectivity index (χ4n) is 2.28. The molecule has 2 aromatic heterocycles. The first-order valence-corrected chi connectivity index (χ1v) is 8.59. The summed E-state index contributed by atoms with van der Waals surface area (Å²) >= 11 is 1.66. The van der Waals surface area contributed by atoms with Gasteiger partial charge in [0.25, 0.3) is 0 Å². The van der Waals surface area contributed by atoms with E-state index < -0.39 is 0 Å². The average Bonchev–Trinajstić information content (AvgIpc) is 3.06. The Bertz CT molecular complexity index is 579. The maximum atomic E-state index is 11.9. The molecule has 0 radical (unpaired) electrons. The van der Waals surface area contributed by atoms with Gasteiger partial charge in [0.1, 0.15) is 5.82 Å². The van der Waals surface area contributed by atoms with Crippen LogP contribution >= 0.6 is 11.3 Å². The quantitative estimate of drug-likeness (QED) is 0.813. The largest absolute Gasteiger partial charge is 0.357 e. The van der Waals surface area contributed by atoms with Crippen molar-refractivity contribution in [3.05, 3.63) is 46.3 Å². The van der Waals surface area contributed by atoms with E-state index in [2.05, 4.69) is 35.1 Å². The molecule has 1 amide bonds. The van der Waals surface area contributed by atoms with Crippen LogP contribution in [0.25, 0.3) is 0 Å². The number of carbonyl (C=O) groups excluding carboxylic acids is 1. The van der Waals surface area contributed by atoms with Crippen LogP contribution in [0.15, 0.2) is 35.8 Å². The number of hydrogen-bond acceptors (Lipinski definition) is 4. The van der Waals surface area contributed by atoms with Crippen molar-refractivity contribution in [1.29, 1.82) is 0 Å². The molecule has 5 heteroatoms. The lowest BCUT2D eigenvalue weighted by Crippen LogP contribution is -2.23. The predicted octanol–water partition coefficient (Wildman–Crippen LogP) is 3.24. The van der Waals surface area contributed by atoms with Crippen molar-refractivity contribution in [3.63, 3.8) is 0 Å². The standard InChI is InChI=1S/C17H23N3OS/c1-3-20(4-2)16-12-14(9-10-18-16)7-8-17(21)19-13-15-6-5-11-22-15/h5-6,9-12H,3-4,7-8,13H2,1-2H3,(H,19,21). The summed E-state index contributed by atoms with van der Waals surface area (Å²) in [6.45, 7) is 6.74. The number of anilines is 1. The van der Waals surface area contributed by atoms with E-state index in [9.17, 15) is 4.79 Å². The SMILES string of the molecule is CCN(CC)c1cc(CCC(=O)NCc2cccs2)ccn1. The number of carbonyl (C=O) groups is 1. The Morgan fingerprint density at radius 2 is 2.14 bits per heavy atom. The monoisotopic (exact) mass is 317 g/mol. The van der Waals surface area contributed by atoms with Gasteiger partial charge in [-0.1, -0.05) is 6.07 Å². The Morgan fingerprint density at radius 3 is 2.82 bits per heavy atom. The molecular weight excluding hydrogens is 294 g/mol. The van der Waals surface area contributed by atoms with Crippen LogP contribution in [-0.2, 0) is 17.8 Å². The van der Waals surface area contributed by atoms with E-state index in [-0.39, 0.29) is 5.91 Å². The second-order valence-corrected chi connectivity index (χ2v) is 6.08. The molecule has 22 heavy (non-hydrogen) atoms. The van der Waals surface area contributed by atoms with E-state index in [1.165, 1.54) is 4.88 Å². The molecule has 118 valence electrons. The Labute approximate surface area is 136 Å². The van der Waals surface area contributed by atoms with E-state index >= 15 is 0 Å². The van der Waals surface area contributed by atoms with E-state index in [0.717, 1.165) is 30.9 Å². The molecule has 0 aliphatic heterocycles. The number of amides is 1. The van der Waals surface area contributed by atoms with E-state index in [0.29, 0.717) is 13.0 Å². The van der Waals surface area contributed by atoms with Crippen LogP contribution < -0.4 is 10.2 Å². The van der Waals surface area contributed by atoms with Crippen LogP contribution in [0, 0.1) is 0 Å². The summed E-state index contributed by atoms with van der Waals surface area (Å²) in [4.78, 5) is 19.7. The van der Waals surface area contributed by atoms with Gasteiger partial charge < -0.3 is 10.2 Å². The van der Waals surface area contributed by atoms with Crippen molar-refractivity contribution in [2.24, 2.45) is 0 Å². The summed E-state index contributed by atoms with van der Waals surface area (Å²) < 4.78 is 0. The lowest BCUT2D eigenvalue weighted by atomic mass is 10.1. The molecule has 2 rings (SSSR count). The van der Waals surface area contributed by atoms with E-state index in [1.807, 2.05) is 29.8 Å². The number of nitrogens with one attached hydrogen (secondary N) is 1. The number of aryl methyl sites for hydroxylation is 1. The lowest BCUT2D eigenvalue weighted by molar-refractivity contribution is -0.121. The van der Waals surface area contributed by atoms with E-state index in [1.54, 1.807) is 11.3 Å². The predicted molar refractivity (Wildman–Crippen MR) is 92.3 cm³/mol. The average molecular weight is 317 g/mol. The first kappa shape index (κ1) is 16.5. The molecule has 0 fully saturated rings. The van der Waals surface area contributed by atoms with Crippen LogP contribution in [0.5, 0.6) is 0 Å². The first-order chi connectivity index (χ1) is 10.7. The van der Waals surface area contributed by atoms with Crippen LogP contribution in [0.1, 0.15) is 30.7 Å². The summed E-state index contributed by atoms with van der Waals surface area (Å²) in [5, 5.41) is 4.98. The first-order valence-electron chi connectivity index (χ1n) is 7.71. The molecule has 0 bridgehead atoms. The molecule has 0 unspecified atom stereocenters. The number of thiophene rings is 1. The number of rotatable bonds is 8. The zero-order valence-corrected chi connectivity index (χ0v) is 14.0. The molecule has 0 spiro atoms. The summed E-state index contributed by atoms with van der Waals surface area (Å²) in [7, 11) is 0. The van der Waals surface area contributed by atoms with Gasteiger partial charge in [0, 0.05) is 30.6 Å². The highest BCUT2D eigenvalue weighted by atomic mass is 32.1. The van der Waals surface area contributed by atoms with Crippen molar-refractivity contribution >= 4 is 23.1 Å². The normalized spacial score (nSPS) is 10.5. The number of aromatic nitrogens is 1.